The molecule has 0 aromatic heterocycles. The lowest BCUT2D eigenvalue weighted by atomic mass is 9.92. The van der Waals surface area contributed by atoms with Crippen LogP contribution in [0, 0.1) is 5.92 Å². The average Bonchev–Trinajstić information content (AvgIpc) is 2.98. The number of hydrogen-bond donors (Lipinski definition) is 1. The summed E-state index contributed by atoms with van der Waals surface area (Å²) in [5.41, 5.74) is 0.610. The fourth-order valence-corrected chi connectivity index (χ4v) is 7.49. The van der Waals surface area contributed by atoms with Crippen molar-refractivity contribution >= 4 is 68.0 Å². The van der Waals surface area contributed by atoms with E-state index in [0.29, 0.717) is 52.2 Å². The lowest BCUT2D eigenvalue weighted by Gasteiger charge is -2.44. The van der Waals surface area contributed by atoms with E-state index in [9.17, 15) is 27.6 Å². The minimum atomic E-state index is -4.14. The number of Topliss-reactive ketones (excluding diaryl/α,β-unsaturated/α-hetero) is 2. The van der Waals surface area contributed by atoms with Crippen LogP contribution in [0.15, 0.2) is 41.3 Å². The molecule has 0 aliphatic carbocycles. The third-order valence-electron chi connectivity index (χ3n) is 7.00. The Morgan fingerprint density at radius 2 is 1.67 bits per heavy atom. The molecule has 2 amide bonds. The molecule has 1 N–H and O–H groups in total. The van der Waals surface area contributed by atoms with Gasteiger partial charge in [-0.1, -0.05) is 34.8 Å². The lowest BCUT2D eigenvalue weighted by Crippen LogP contribution is -2.67. The first-order chi connectivity index (χ1) is 18.4. The Labute approximate surface area is 240 Å². The van der Waals surface area contributed by atoms with Crippen LogP contribution in [-0.2, 0) is 35.4 Å². The predicted molar refractivity (Wildman–Crippen MR) is 145 cm³/mol. The number of ether oxygens (including phenoxy) is 1. The summed E-state index contributed by atoms with van der Waals surface area (Å²) in [5.74, 6) is -0.971. The fraction of sp³-hybridized carbons (Fsp3) is 0.385. The van der Waals surface area contributed by atoms with E-state index in [0.717, 1.165) is 4.90 Å². The zero-order chi connectivity index (χ0) is 28.5. The van der Waals surface area contributed by atoms with Crippen LogP contribution in [0.25, 0.3) is 0 Å². The lowest BCUT2D eigenvalue weighted by molar-refractivity contribution is -0.150. The number of amides is 2. The molecule has 39 heavy (non-hydrogen) atoms. The number of hydrogen-bond acceptors (Lipinski definition) is 7. The molecule has 0 bridgehead atoms. The summed E-state index contributed by atoms with van der Waals surface area (Å²) in [6.07, 6.45) is 1.10. The minimum Gasteiger partial charge on any atom is -0.496 e. The molecule has 2 aromatic carbocycles. The van der Waals surface area contributed by atoms with Gasteiger partial charge in [0.15, 0.2) is 5.78 Å². The van der Waals surface area contributed by atoms with E-state index in [1.165, 1.54) is 31.4 Å². The van der Waals surface area contributed by atoms with Gasteiger partial charge in [0.25, 0.3) is 0 Å². The molecular formula is C26H25Cl3N2O7S. The number of carbonyl (C=O) groups excluding carboxylic acids is 4. The quantitative estimate of drug-likeness (QED) is 0.509. The molecule has 208 valence electrons. The molecule has 3 saturated heterocycles. The maximum atomic E-state index is 13.4. The number of carbonyl (C=O) groups is 4. The molecule has 0 spiro atoms. The minimum absolute atomic E-state index is 0.000787. The number of nitrogens with one attached hydrogen (secondary N) is 1. The standard InChI is InChI=1S/C20H16Cl3NO5S.C6H9NO2/c1-29-17-8-16(23)15(22)7-11(17)6-12-10-24-18(25)9-20(24,19(12)26)30(27,28)14-4-2-13(21)3-5-14;8-5-1-2-6(9)7-4-3-5/h2-5,7-8,12H,6,9-10H2,1H3;1-4H2,(H,7,9). The van der Waals surface area contributed by atoms with Crippen molar-refractivity contribution in [3.05, 3.63) is 57.0 Å². The second-order valence-corrected chi connectivity index (χ2v) is 12.8. The summed E-state index contributed by atoms with van der Waals surface area (Å²) >= 11 is 18.0. The van der Waals surface area contributed by atoms with Crippen LogP contribution < -0.4 is 10.1 Å². The number of benzene rings is 2. The topological polar surface area (TPSA) is 127 Å². The number of sulfone groups is 1. The third kappa shape index (κ3) is 5.52. The van der Waals surface area contributed by atoms with Gasteiger partial charge in [0.2, 0.25) is 26.5 Å². The molecule has 0 saturated carbocycles. The van der Waals surface area contributed by atoms with Crippen LogP contribution in [0.5, 0.6) is 5.75 Å². The van der Waals surface area contributed by atoms with Crippen molar-refractivity contribution in [3.63, 3.8) is 0 Å². The van der Waals surface area contributed by atoms with Crippen molar-refractivity contribution in [2.45, 2.75) is 41.9 Å². The summed E-state index contributed by atoms with van der Waals surface area (Å²) in [5, 5.41) is 3.58. The van der Waals surface area contributed by atoms with Gasteiger partial charge in [0, 0.05) is 49.4 Å². The Morgan fingerprint density at radius 1 is 1.00 bits per heavy atom. The Kier molecular flexibility index (Phi) is 8.61. The van der Waals surface area contributed by atoms with Crippen molar-refractivity contribution in [3.8, 4) is 5.75 Å². The van der Waals surface area contributed by atoms with Crippen LogP contribution in [0.1, 0.15) is 31.2 Å². The molecule has 3 heterocycles. The van der Waals surface area contributed by atoms with E-state index in [1.807, 2.05) is 0 Å². The number of rotatable bonds is 5. The summed E-state index contributed by atoms with van der Waals surface area (Å²) in [4.78, 5) is 46.0. The van der Waals surface area contributed by atoms with Crippen molar-refractivity contribution < 1.29 is 32.3 Å². The molecule has 9 nitrogen and oxygen atoms in total. The second-order valence-electron chi connectivity index (χ2n) is 9.40. The van der Waals surface area contributed by atoms with Gasteiger partial charge in [0.1, 0.15) is 11.5 Å². The number of nitrogens with zero attached hydrogens (tertiary/aromatic N) is 1. The Morgan fingerprint density at radius 3 is 2.31 bits per heavy atom. The van der Waals surface area contributed by atoms with E-state index < -0.39 is 26.4 Å². The molecule has 3 aliphatic rings. The second kappa shape index (κ2) is 11.4. The maximum absolute atomic E-state index is 13.4. The molecule has 5 rings (SSSR count). The highest BCUT2D eigenvalue weighted by atomic mass is 35.5. The van der Waals surface area contributed by atoms with Gasteiger partial charge < -0.3 is 15.0 Å². The van der Waals surface area contributed by atoms with Gasteiger partial charge >= 0.3 is 0 Å². The van der Waals surface area contributed by atoms with Crippen molar-refractivity contribution in [1.82, 2.24) is 10.2 Å². The Balaban J connectivity index is 0.000000333. The van der Waals surface area contributed by atoms with Crippen LogP contribution in [0.4, 0.5) is 0 Å². The first-order valence-electron chi connectivity index (χ1n) is 12.1. The highest BCUT2D eigenvalue weighted by Crippen LogP contribution is 2.49. The van der Waals surface area contributed by atoms with E-state index in [2.05, 4.69) is 5.32 Å². The summed E-state index contributed by atoms with van der Waals surface area (Å²) in [7, 11) is -2.68. The van der Waals surface area contributed by atoms with Gasteiger partial charge in [-0.05, 0) is 42.3 Å². The Bertz CT molecular complexity index is 1430. The first kappa shape index (κ1) is 29.3. The van der Waals surface area contributed by atoms with Crippen molar-refractivity contribution in [2.24, 2.45) is 5.92 Å². The van der Waals surface area contributed by atoms with Gasteiger partial charge in [-0.15, -0.1) is 0 Å². The highest BCUT2D eigenvalue weighted by molar-refractivity contribution is 7.93. The normalized spacial score (nSPS) is 22.8. The van der Waals surface area contributed by atoms with Crippen LogP contribution in [0.2, 0.25) is 15.1 Å². The van der Waals surface area contributed by atoms with Gasteiger partial charge in [0.05, 0.1) is 28.5 Å². The summed E-state index contributed by atoms with van der Waals surface area (Å²) in [6, 6.07) is 8.69. The first-order valence-corrected chi connectivity index (χ1v) is 14.7. The van der Waals surface area contributed by atoms with Gasteiger partial charge in [-0.25, -0.2) is 8.42 Å². The number of ketones is 2. The monoisotopic (exact) mass is 614 g/mol. The fourth-order valence-electron chi connectivity index (χ4n) is 4.93. The van der Waals surface area contributed by atoms with E-state index in [4.69, 9.17) is 39.5 Å². The van der Waals surface area contributed by atoms with Gasteiger partial charge in [-0.2, -0.15) is 0 Å². The average molecular weight is 616 g/mol. The Hall–Kier alpha value is -2.66. The summed E-state index contributed by atoms with van der Waals surface area (Å²) < 4.78 is 32.1. The van der Waals surface area contributed by atoms with E-state index in [-0.39, 0.29) is 41.9 Å². The smallest absolute Gasteiger partial charge is 0.228 e. The molecule has 2 unspecified atom stereocenters. The third-order valence-corrected chi connectivity index (χ3v) is 10.3. The zero-order valence-corrected chi connectivity index (χ0v) is 23.9. The molecule has 2 atom stereocenters. The van der Waals surface area contributed by atoms with Gasteiger partial charge in [-0.3, -0.25) is 19.2 Å². The molecular weight excluding hydrogens is 591 g/mol. The maximum Gasteiger partial charge on any atom is 0.228 e. The number of fused-ring (bicyclic) bond motifs is 1. The molecule has 3 aliphatic heterocycles. The largest absolute Gasteiger partial charge is 0.496 e. The SMILES string of the molecule is COc1cc(Cl)c(Cl)cc1CC1CN2C(=O)CC2(S(=O)(=O)c2ccc(Cl)cc2)C1=O.O=C1CCNC(=O)CC1. The van der Waals surface area contributed by atoms with E-state index in [1.54, 1.807) is 12.1 Å². The van der Waals surface area contributed by atoms with E-state index >= 15 is 0 Å². The number of β-lactam (4-membered cyclic amide) rings is 1. The molecule has 13 heteroatoms. The summed E-state index contributed by atoms with van der Waals surface area (Å²) in [6.45, 7) is 0.533. The number of methoxy groups -OCH3 is 1. The van der Waals surface area contributed by atoms with Crippen molar-refractivity contribution in [2.75, 3.05) is 20.2 Å². The highest BCUT2D eigenvalue weighted by Gasteiger charge is 2.70. The van der Waals surface area contributed by atoms with Crippen LogP contribution >= 0.6 is 34.8 Å². The molecule has 2 aromatic rings. The number of halogens is 3. The molecule has 0 radical (unpaired) electrons. The predicted octanol–water partition coefficient (Wildman–Crippen LogP) is 3.65. The zero-order valence-electron chi connectivity index (χ0n) is 20.8. The van der Waals surface area contributed by atoms with Crippen LogP contribution in [-0.4, -0.2) is 61.8 Å². The van der Waals surface area contributed by atoms with Crippen LogP contribution in [0.3, 0.4) is 0 Å². The molecule has 3 fully saturated rings. The van der Waals surface area contributed by atoms with Crippen molar-refractivity contribution in [1.29, 1.82) is 0 Å².